The molecule has 0 aliphatic rings. The molecule has 0 saturated heterocycles. The maximum Gasteiger partial charge on any atom is 0.224 e. The minimum absolute atomic E-state index is 0.0339. The van der Waals surface area contributed by atoms with Gasteiger partial charge in [-0.25, -0.2) is 0 Å². The van der Waals surface area contributed by atoms with Crippen LogP contribution in [0.4, 0.5) is 0 Å². The van der Waals surface area contributed by atoms with Gasteiger partial charge in [0.25, 0.3) is 0 Å². The van der Waals surface area contributed by atoms with Crippen molar-refractivity contribution in [2.75, 3.05) is 7.11 Å². The van der Waals surface area contributed by atoms with Gasteiger partial charge in [0.05, 0.1) is 19.2 Å². The summed E-state index contributed by atoms with van der Waals surface area (Å²) in [7, 11) is 1.61. The first kappa shape index (κ1) is 16.2. The van der Waals surface area contributed by atoms with Crippen LogP contribution in [0.3, 0.4) is 0 Å². The summed E-state index contributed by atoms with van der Waals surface area (Å²) in [6.07, 6.45) is 2.07. The van der Waals surface area contributed by atoms with Crippen molar-refractivity contribution in [1.82, 2.24) is 10.3 Å². The Labute approximate surface area is 145 Å². The lowest BCUT2D eigenvalue weighted by atomic mass is 10.1. The molecular weight excluding hydrogens is 320 g/mol. The number of carbonyl (C=O) groups is 1. The van der Waals surface area contributed by atoms with Crippen molar-refractivity contribution >= 4 is 17.2 Å². The molecule has 122 valence electrons. The second-order valence-corrected chi connectivity index (χ2v) is 6.11. The van der Waals surface area contributed by atoms with Crippen LogP contribution in [0.1, 0.15) is 11.1 Å². The van der Waals surface area contributed by atoms with E-state index in [4.69, 9.17) is 4.74 Å². The molecular formula is C19H18N2O2S. The number of hydrogen-bond donors (Lipinski definition) is 1. The number of amides is 1. The van der Waals surface area contributed by atoms with Gasteiger partial charge < -0.3 is 10.1 Å². The van der Waals surface area contributed by atoms with E-state index in [1.54, 1.807) is 24.6 Å². The SMILES string of the molecule is COc1ccccc1CC(=O)NCc1ccnc(-c2ccsc2)c1. The summed E-state index contributed by atoms with van der Waals surface area (Å²) in [5.74, 6) is 0.699. The molecule has 0 radical (unpaired) electrons. The second kappa shape index (κ2) is 7.75. The van der Waals surface area contributed by atoms with Crippen LogP contribution in [0.2, 0.25) is 0 Å². The summed E-state index contributed by atoms with van der Waals surface area (Å²) in [4.78, 5) is 16.6. The van der Waals surface area contributed by atoms with Gasteiger partial charge in [-0.15, -0.1) is 0 Å². The number of hydrogen-bond acceptors (Lipinski definition) is 4. The average molecular weight is 338 g/mol. The molecule has 1 amide bonds. The van der Waals surface area contributed by atoms with Crippen molar-refractivity contribution in [1.29, 1.82) is 0 Å². The van der Waals surface area contributed by atoms with Gasteiger partial charge in [-0.05, 0) is 35.2 Å². The highest BCUT2D eigenvalue weighted by molar-refractivity contribution is 7.08. The maximum atomic E-state index is 12.2. The fraction of sp³-hybridized carbons (Fsp3) is 0.158. The molecule has 24 heavy (non-hydrogen) atoms. The number of benzene rings is 1. The second-order valence-electron chi connectivity index (χ2n) is 5.33. The summed E-state index contributed by atoms with van der Waals surface area (Å²) < 4.78 is 5.28. The molecule has 0 aliphatic carbocycles. The monoisotopic (exact) mass is 338 g/mol. The Kier molecular flexibility index (Phi) is 5.23. The topological polar surface area (TPSA) is 51.2 Å². The molecule has 5 heteroatoms. The van der Waals surface area contributed by atoms with Gasteiger partial charge in [-0.1, -0.05) is 18.2 Å². The maximum absolute atomic E-state index is 12.2. The number of pyridine rings is 1. The first-order valence-electron chi connectivity index (χ1n) is 7.62. The van der Waals surface area contributed by atoms with E-state index in [0.717, 1.165) is 28.1 Å². The van der Waals surface area contributed by atoms with Gasteiger partial charge in [0.2, 0.25) is 5.91 Å². The van der Waals surface area contributed by atoms with E-state index >= 15 is 0 Å². The summed E-state index contributed by atoms with van der Waals surface area (Å²) in [5, 5.41) is 7.04. The van der Waals surface area contributed by atoms with E-state index in [2.05, 4.69) is 15.7 Å². The normalized spacial score (nSPS) is 10.4. The Bertz CT molecular complexity index is 816. The number of ether oxygens (including phenoxy) is 1. The number of methoxy groups -OCH3 is 1. The Morgan fingerprint density at radius 3 is 2.92 bits per heavy atom. The summed E-state index contributed by atoms with van der Waals surface area (Å²) in [6, 6.07) is 13.5. The van der Waals surface area contributed by atoms with Crippen LogP contribution in [0.5, 0.6) is 5.75 Å². The number of aromatic nitrogens is 1. The van der Waals surface area contributed by atoms with Gasteiger partial charge in [0.1, 0.15) is 5.75 Å². The number of nitrogens with zero attached hydrogens (tertiary/aromatic N) is 1. The summed E-state index contributed by atoms with van der Waals surface area (Å²) >= 11 is 1.64. The van der Waals surface area contributed by atoms with E-state index in [0.29, 0.717) is 13.0 Å². The molecule has 2 heterocycles. The van der Waals surface area contributed by atoms with Crippen LogP contribution in [0.15, 0.2) is 59.4 Å². The lowest BCUT2D eigenvalue weighted by Crippen LogP contribution is -2.24. The third kappa shape index (κ3) is 4.00. The predicted molar refractivity (Wildman–Crippen MR) is 96.1 cm³/mol. The molecule has 1 aromatic carbocycles. The predicted octanol–water partition coefficient (Wildman–Crippen LogP) is 3.68. The largest absolute Gasteiger partial charge is 0.496 e. The van der Waals surface area contributed by atoms with Crippen molar-refractivity contribution < 1.29 is 9.53 Å². The Morgan fingerprint density at radius 2 is 2.12 bits per heavy atom. The van der Waals surface area contributed by atoms with Crippen LogP contribution in [-0.2, 0) is 17.8 Å². The fourth-order valence-corrected chi connectivity index (χ4v) is 3.09. The van der Waals surface area contributed by atoms with Crippen LogP contribution >= 0.6 is 11.3 Å². The molecule has 2 aromatic heterocycles. The van der Waals surface area contributed by atoms with Gasteiger partial charge in [-0.2, -0.15) is 11.3 Å². The fourth-order valence-electron chi connectivity index (χ4n) is 2.44. The molecule has 0 aliphatic heterocycles. The molecule has 0 saturated carbocycles. The van der Waals surface area contributed by atoms with Crippen LogP contribution < -0.4 is 10.1 Å². The molecule has 3 rings (SSSR count). The molecule has 4 nitrogen and oxygen atoms in total. The number of thiophene rings is 1. The number of rotatable bonds is 6. The van der Waals surface area contributed by atoms with E-state index in [1.807, 2.05) is 47.8 Å². The highest BCUT2D eigenvalue weighted by Gasteiger charge is 2.08. The van der Waals surface area contributed by atoms with Crippen LogP contribution in [0.25, 0.3) is 11.3 Å². The zero-order chi connectivity index (χ0) is 16.8. The standard InChI is InChI=1S/C19H18N2O2S/c1-23-18-5-3-2-4-15(18)11-19(22)21-12-14-6-8-20-17(10-14)16-7-9-24-13-16/h2-10,13H,11-12H2,1H3,(H,21,22). The van der Waals surface area contributed by atoms with Crippen LogP contribution in [0, 0.1) is 0 Å². The van der Waals surface area contributed by atoms with Crippen molar-refractivity contribution in [3.8, 4) is 17.0 Å². The number of carbonyl (C=O) groups excluding carboxylic acids is 1. The quantitative estimate of drug-likeness (QED) is 0.746. The third-order valence-electron chi connectivity index (χ3n) is 3.67. The van der Waals surface area contributed by atoms with Crippen molar-refractivity contribution in [2.24, 2.45) is 0 Å². The summed E-state index contributed by atoms with van der Waals surface area (Å²) in [5.41, 5.74) is 3.93. The van der Waals surface area contributed by atoms with Gasteiger partial charge in [0, 0.05) is 29.2 Å². The van der Waals surface area contributed by atoms with E-state index in [1.165, 1.54) is 0 Å². The van der Waals surface area contributed by atoms with Gasteiger partial charge in [0.15, 0.2) is 0 Å². The lowest BCUT2D eigenvalue weighted by Gasteiger charge is -2.09. The first-order valence-corrected chi connectivity index (χ1v) is 8.56. The van der Waals surface area contributed by atoms with E-state index in [9.17, 15) is 4.79 Å². The number of para-hydroxylation sites is 1. The van der Waals surface area contributed by atoms with Crippen molar-refractivity contribution in [3.05, 3.63) is 70.5 Å². The third-order valence-corrected chi connectivity index (χ3v) is 4.36. The van der Waals surface area contributed by atoms with Crippen molar-refractivity contribution in [3.63, 3.8) is 0 Å². The Morgan fingerprint density at radius 1 is 1.25 bits per heavy atom. The van der Waals surface area contributed by atoms with Gasteiger partial charge in [-0.3, -0.25) is 9.78 Å². The average Bonchev–Trinajstić information content (AvgIpc) is 3.15. The zero-order valence-corrected chi connectivity index (χ0v) is 14.2. The molecule has 0 fully saturated rings. The molecule has 0 spiro atoms. The molecule has 3 aromatic rings. The number of nitrogens with one attached hydrogen (secondary N) is 1. The lowest BCUT2D eigenvalue weighted by molar-refractivity contribution is -0.120. The highest BCUT2D eigenvalue weighted by atomic mass is 32.1. The van der Waals surface area contributed by atoms with Gasteiger partial charge >= 0.3 is 0 Å². The Hall–Kier alpha value is -2.66. The Balaban J connectivity index is 1.61. The molecule has 0 bridgehead atoms. The molecule has 0 unspecified atom stereocenters. The van der Waals surface area contributed by atoms with E-state index in [-0.39, 0.29) is 5.91 Å². The molecule has 0 atom stereocenters. The van der Waals surface area contributed by atoms with Crippen molar-refractivity contribution in [2.45, 2.75) is 13.0 Å². The highest BCUT2D eigenvalue weighted by Crippen LogP contribution is 2.21. The smallest absolute Gasteiger partial charge is 0.224 e. The minimum Gasteiger partial charge on any atom is -0.496 e. The van der Waals surface area contributed by atoms with Crippen LogP contribution in [-0.4, -0.2) is 18.0 Å². The first-order chi connectivity index (χ1) is 11.8. The minimum atomic E-state index is -0.0339. The summed E-state index contributed by atoms with van der Waals surface area (Å²) in [6.45, 7) is 0.480. The molecule has 1 N–H and O–H groups in total. The van der Waals surface area contributed by atoms with E-state index < -0.39 is 0 Å². The zero-order valence-electron chi connectivity index (χ0n) is 13.4.